The summed E-state index contributed by atoms with van der Waals surface area (Å²) in [6.07, 6.45) is 0.855. The summed E-state index contributed by atoms with van der Waals surface area (Å²) >= 11 is 1.55. The van der Waals surface area contributed by atoms with Gasteiger partial charge < -0.3 is 5.21 Å². The summed E-state index contributed by atoms with van der Waals surface area (Å²) in [4.78, 5) is 21.2. The summed E-state index contributed by atoms with van der Waals surface area (Å²) in [6.45, 7) is 0. The van der Waals surface area contributed by atoms with Gasteiger partial charge in [0.15, 0.2) is 6.20 Å². The number of hydrogen-bond acceptors (Lipinski definition) is 5. The Morgan fingerprint density at radius 3 is 2.29 bits per heavy atom. The predicted molar refractivity (Wildman–Crippen MR) is 119 cm³/mol. The van der Waals surface area contributed by atoms with Crippen LogP contribution in [0, 0.1) is 11.1 Å². The van der Waals surface area contributed by atoms with E-state index in [4.69, 9.17) is 4.84 Å². The molecule has 0 amide bonds. The van der Waals surface area contributed by atoms with Gasteiger partial charge in [-0.15, -0.1) is 11.3 Å². The molecule has 0 unspecified atom stereocenters. The van der Waals surface area contributed by atoms with Crippen molar-refractivity contribution in [3.05, 3.63) is 124 Å². The number of carbonyl (C=O) groups excluding carboxylic acids is 1. The molecule has 0 spiro atoms. The second-order valence-corrected chi connectivity index (χ2v) is 8.34. The normalized spacial score (nSPS) is 20.6. The Bertz CT molecular complexity index is 1170. The van der Waals surface area contributed by atoms with Crippen molar-refractivity contribution < 1.29 is 14.4 Å². The first-order chi connectivity index (χ1) is 15.2. The lowest BCUT2D eigenvalue weighted by atomic mass is 9.84. The molecule has 1 saturated heterocycles. The summed E-state index contributed by atoms with van der Waals surface area (Å²) in [6, 6.07) is 28.1. The third kappa shape index (κ3) is 3.60. The Labute approximate surface area is 184 Å². The average Bonchev–Trinajstić information content (AvgIpc) is 3.48. The van der Waals surface area contributed by atoms with E-state index in [0.717, 1.165) is 16.1 Å². The molecule has 3 atom stereocenters. The van der Waals surface area contributed by atoms with Crippen molar-refractivity contribution in [2.75, 3.05) is 5.06 Å². The molecule has 0 saturated carbocycles. The Balaban J connectivity index is 1.68. The number of hydroxylamine groups is 1. The first-order valence-corrected chi connectivity index (χ1v) is 10.9. The molecule has 0 N–H and O–H groups in total. The van der Waals surface area contributed by atoms with Crippen molar-refractivity contribution in [1.82, 2.24) is 0 Å². The highest BCUT2D eigenvalue weighted by atomic mass is 32.1. The molecule has 3 heterocycles. The van der Waals surface area contributed by atoms with Gasteiger partial charge in [-0.2, -0.15) is 4.73 Å². The minimum Gasteiger partial charge on any atom is -0.618 e. The van der Waals surface area contributed by atoms with E-state index in [1.54, 1.807) is 29.5 Å². The fourth-order valence-corrected chi connectivity index (χ4v) is 4.90. The molecule has 31 heavy (non-hydrogen) atoms. The van der Waals surface area contributed by atoms with Gasteiger partial charge in [0.1, 0.15) is 6.10 Å². The second kappa shape index (κ2) is 8.34. The Kier molecular flexibility index (Phi) is 5.24. The van der Waals surface area contributed by atoms with Crippen molar-refractivity contribution in [2.45, 2.75) is 12.1 Å². The molecule has 5 rings (SSSR count). The maximum Gasteiger partial charge on any atom is 0.260 e. The van der Waals surface area contributed by atoms with Crippen LogP contribution < -0.4 is 9.79 Å². The van der Waals surface area contributed by atoms with E-state index in [1.807, 2.05) is 83.2 Å². The molecule has 6 heteroatoms. The van der Waals surface area contributed by atoms with Crippen molar-refractivity contribution in [2.24, 2.45) is 5.92 Å². The number of nitrogens with zero attached hydrogens (tertiary/aromatic N) is 2. The average molecular weight is 429 g/mol. The van der Waals surface area contributed by atoms with Crippen LogP contribution in [0.1, 0.15) is 33.1 Å². The summed E-state index contributed by atoms with van der Waals surface area (Å²) in [5.41, 5.74) is 1.93. The van der Waals surface area contributed by atoms with Crippen LogP contribution in [-0.4, -0.2) is 5.78 Å². The zero-order valence-electron chi connectivity index (χ0n) is 16.6. The van der Waals surface area contributed by atoms with Crippen molar-refractivity contribution in [3.8, 4) is 0 Å². The third-order valence-corrected chi connectivity index (χ3v) is 6.43. The fraction of sp³-hybridized carbons (Fsp3) is 0.120. The fourth-order valence-electron chi connectivity index (χ4n) is 4.11. The lowest BCUT2D eigenvalue weighted by Crippen LogP contribution is -2.38. The molecule has 1 fully saturated rings. The number of para-hydroxylation sites is 1. The molecule has 4 aromatic rings. The molecular formula is C25H20N2O3S. The quantitative estimate of drug-likeness (QED) is 0.252. The monoisotopic (exact) mass is 428 g/mol. The lowest BCUT2D eigenvalue weighted by Gasteiger charge is -2.26. The van der Waals surface area contributed by atoms with Crippen LogP contribution >= 0.6 is 11.3 Å². The van der Waals surface area contributed by atoms with E-state index in [2.05, 4.69) is 0 Å². The molecule has 1 aliphatic heterocycles. The molecule has 2 aromatic carbocycles. The van der Waals surface area contributed by atoms with Gasteiger partial charge in [-0.25, -0.2) is 5.06 Å². The first kappa shape index (κ1) is 19.5. The van der Waals surface area contributed by atoms with Crippen LogP contribution in [-0.2, 0) is 4.84 Å². The van der Waals surface area contributed by atoms with E-state index >= 15 is 0 Å². The Morgan fingerprint density at radius 2 is 1.61 bits per heavy atom. The smallest absolute Gasteiger partial charge is 0.260 e. The third-order valence-electron chi connectivity index (χ3n) is 5.50. The SMILES string of the molecule is O=C(c1cccc[n+]1[O-])[C@@H]1[C@@H](c2ccccc2)N(c2ccccc2)O[C@H]1c1cccs1. The van der Waals surface area contributed by atoms with Gasteiger partial charge in [0.2, 0.25) is 5.78 Å². The number of benzene rings is 2. The zero-order valence-corrected chi connectivity index (χ0v) is 17.4. The van der Waals surface area contributed by atoms with Crippen LogP contribution in [0.4, 0.5) is 5.69 Å². The number of anilines is 1. The van der Waals surface area contributed by atoms with E-state index in [9.17, 15) is 10.0 Å². The summed E-state index contributed by atoms with van der Waals surface area (Å²) in [7, 11) is 0. The molecule has 0 aliphatic carbocycles. The van der Waals surface area contributed by atoms with Crippen LogP contribution in [0.5, 0.6) is 0 Å². The molecule has 0 bridgehead atoms. The van der Waals surface area contributed by atoms with Gasteiger partial charge in [0.05, 0.1) is 17.6 Å². The number of ketones is 1. The molecule has 0 radical (unpaired) electrons. The van der Waals surface area contributed by atoms with Gasteiger partial charge in [-0.05, 0) is 35.2 Å². The summed E-state index contributed by atoms with van der Waals surface area (Å²) in [5.74, 6) is -0.829. The largest absolute Gasteiger partial charge is 0.618 e. The zero-order chi connectivity index (χ0) is 21.2. The Hall–Kier alpha value is -3.48. The molecule has 5 nitrogen and oxygen atoms in total. The lowest BCUT2D eigenvalue weighted by molar-refractivity contribution is -0.607. The minimum absolute atomic E-state index is 0.119. The second-order valence-electron chi connectivity index (χ2n) is 7.36. The number of carbonyl (C=O) groups is 1. The van der Waals surface area contributed by atoms with E-state index in [1.165, 1.54) is 6.20 Å². The predicted octanol–water partition coefficient (Wildman–Crippen LogP) is 5.11. The van der Waals surface area contributed by atoms with E-state index < -0.39 is 12.0 Å². The highest BCUT2D eigenvalue weighted by Gasteiger charge is 2.51. The standard InChI is InChI=1S/C25H20N2O3S/c28-24(20-14-7-8-16-26(20)29)22-23(18-10-3-1-4-11-18)27(19-12-5-2-6-13-19)30-25(22)21-15-9-17-31-21/h1-17,22-23,25H/t22-,23+,25-/m0/s1. The molecular weight excluding hydrogens is 408 g/mol. The first-order valence-electron chi connectivity index (χ1n) is 10.1. The van der Waals surface area contributed by atoms with Crippen molar-refractivity contribution in [1.29, 1.82) is 0 Å². The maximum absolute atomic E-state index is 13.8. The van der Waals surface area contributed by atoms with Gasteiger partial charge in [-0.3, -0.25) is 9.63 Å². The van der Waals surface area contributed by atoms with Crippen LogP contribution in [0.3, 0.4) is 0 Å². The van der Waals surface area contributed by atoms with Gasteiger partial charge in [0.25, 0.3) is 5.69 Å². The number of aromatic nitrogens is 1. The number of Topliss-reactive ketones (excluding diaryl/α,β-unsaturated/α-hetero) is 1. The summed E-state index contributed by atoms with van der Waals surface area (Å²) in [5, 5.41) is 16.2. The van der Waals surface area contributed by atoms with E-state index in [-0.39, 0.29) is 17.5 Å². The Morgan fingerprint density at radius 1 is 0.903 bits per heavy atom. The number of thiophene rings is 1. The maximum atomic E-state index is 13.8. The van der Waals surface area contributed by atoms with Gasteiger partial charge in [-0.1, -0.05) is 54.6 Å². The number of hydrogen-bond donors (Lipinski definition) is 0. The van der Waals surface area contributed by atoms with Crippen molar-refractivity contribution >= 4 is 22.8 Å². The van der Waals surface area contributed by atoms with Gasteiger partial charge >= 0.3 is 0 Å². The molecule has 2 aromatic heterocycles. The summed E-state index contributed by atoms with van der Waals surface area (Å²) < 4.78 is 0.640. The van der Waals surface area contributed by atoms with Crippen molar-refractivity contribution in [3.63, 3.8) is 0 Å². The highest BCUT2D eigenvalue weighted by molar-refractivity contribution is 7.10. The topological polar surface area (TPSA) is 56.5 Å². The van der Waals surface area contributed by atoms with Crippen LogP contribution in [0.2, 0.25) is 0 Å². The number of pyridine rings is 1. The van der Waals surface area contributed by atoms with Crippen LogP contribution in [0.15, 0.2) is 103 Å². The highest BCUT2D eigenvalue weighted by Crippen LogP contribution is 2.50. The molecule has 1 aliphatic rings. The van der Waals surface area contributed by atoms with E-state index in [0.29, 0.717) is 4.73 Å². The van der Waals surface area contributed by atoms with Crippen LogP contribution in [0.25, 0.3) is 0 Å². The number of rotatable bonds is 5. The minimum atomic E-state index is -0.594. The molecule has 154 valence electrons. The van der Waals surface area contributed by atoms with Gasteiger partial charge in [0, 0.05) is 17.0 Å².